The topological polar surface area (TPSA) is 18.5 Å². The molecule has 0 aliphatic carbocycles. The van der Waals surface area contributed by atoms with Gasteiger partial charge in [0.25, 0.3) is 0 Å². The number of unbranched alkanes of at least 4 members (excludes halogenated alkanes) is 3. The number of rotatable bonds is 11. The Kier molecular flexibility index (Phi) is 12.2. The number of allylic oxidation sites excluding steroid dienone is 5. The Labute approximate surface area is 130 Å². The summed E-state index contributed by atoms with van der Waals surface area (Å²) in [4.78, 5) is 0. The zero-order valence-corrected chi connectivity index (χ0v) is 13.6. The molecule has 2 nitrogen and oxygen atoms in total. The molecule has 0 aromatic heterocycles. The first kappa shape index (κ1) is 18.2. The summed E-state index contributed by atoms with van der Waals surface area (Å²) in [5, 5.41) is 0. The van der Waals surface area contributed by atoms with E-state index in [-0.39, 0.29) is 6.29 Å². The third kappa shape index (κ3) is 11.5. The van der Waals surface area contributed by atoms with Gasteiger partial charge in [0.2, 0.25) is 0 Å². The summed E-state index contributed by atoms with van der Waals surface area (Å²) in [6, 6.07) is 0. The highest BCUT2D eigenvalue weighted by molar-refractivity contribution is 4.97. The first-order chi connectivity index (χ1) is 10.4. The maximum Gasteiger partial charge on any atom is 0.157 e. The zero-order chi connectivity index (χ0) is 15.0. The third-order valence-electron chi connectivity index (χ3n) is 3.53. The lowest BCUT2D eigenvalue weighted by atomic mass is 10.2. The van der Waals surface area contributed by atoms with Crippen molar-refractivity contribution in [3.05, 3.63) is 36.5 Å². The van der Waals surface area contributed by atoms with Crippen molar-refractivity contribution in [2.24, 2.45) is 0 Å². The van der Waals surface area contributed by atoms with Crippen LogP contribution in [0.5, 0.6) is 0 Å². The summed E-state index contributed by atoms with van der Waals surface area (Å²) < 4.78 is 11.1. The smallest absolute Gasteiger partial charge is 0.157 e. The maximum atomic E-state index is 5.63. The Bertz CT molecular complexity index is 299. The molecule has 0 aromatic rings. The average molecular weight is 292 g/mol. The predicted molar refractivity (Wildman–Crippen MR) is 90.3 cm³/mol. The van der Waals surface area contributed by atoms with E-state index in [0.717, 1.165) is 25.9 Å². The average Bonchev–Trinajstić information content (AvgIpc) is 2.53. The summed E-state index contributed by atoms with van der Waals surface area (Å²) in [6.07, 6.45) is 23.9. The standard InChI is InChI=1S/C19H32O2/c1-2-3-4-5-6-7-8-9-10-11-12-14-17-20-19-16-13-15-18-21-19/h6-7,9-10,12,14,19H,2-5,8,11,13,15-18H2,1H3/b7-6-,10-9-,14-12-/t19-/m0/s1. The molecule has 0 amide bonds. The van der Waals surface area contributed by atoms with E-state index in [2.05, 4.69) is 43.4 Å². The van der Waals surface area contributed by atoms with Gasteiger partial charge in [-0.3, -0.25) is 0 Å². The molecular weight excluding hydrogens is 260 g/mol. The molecule has 0 unspecified atom stereocenters. The van der Waals surface area contributed by atoms with Crippen LogP contribution in [0.4, 0.5) is 0 Å². The van der Waals surface area contributed by atoms with E-state index in [9.17, 15) is 0 Å². The second-order valence-corrected chi connectivity index (χ2v) is 5.51. The molecule has 1 saturated heterocycles. The summed E-state index contributed by atoms with van der Waals surface area (Å²) in [5.41, 5.74) is 0. The first-order valence-electron chi connectivity index (χ1n) is 8.61. The van der Waals surface area contributed by atoms with Crippen molar-refractivity contribution in [3.8, 4) is 0 Å². The monoisotopic (exact) mass is 292 g/mol. The van der Waals surface area contributed by atoms with Gasteiger partial charge in [-0.05, 0) is 44.9 Å². The SMILES string of the molecule is CCCCC/C=C\C/C=C\C/C=C\CO[C@@H]1CCCCO1. The molecule has 120 valence electrons. The molecule has 0 aromatic carbocycles. The van der Waals surface area contributed by atoms with Gasteiger partial charge < -0.3 is 9.47 Å². The molecule has 1 fully saturated rings. The Hall–Kier alpha value is -0.860. The zero-order valence-electron chi connectivity index (χ0n) is 13.6. The molecule has 1 heterocycles. The van der Waals surface area contributed by atoms with Crippen LogP contribution in [0.1, 0.15) is 64.7 Å². The second-order valence-electron chi connectivity index (χ2n) is 5.51. The van der Waals surface area contributed by atoms with Crippen molar-refractivity contribution in [1.82, 2.24) is 0 Å². The Morgan fingerprint density at radius 1 is 0.952 bits per heavy atom. The minimum absolute atomic E-state index is 0.0248. The molecule has 0 saturated carbocycles. The van der Waals surface area contributed by atoms with Crippen molar-refractivity contribution >= 4 is 0 Å². The quantitative estimate of drug-likeness (QED) is 0.367. The van der Waals surface area contributed by atoms with Crippen molar-refractivity contribution in [2.45, 2.75) is 71.0 Å². The fourth-order valence-corrected chi connectivity index (χ4v) is 2.25. The lowest BCUT2D eigenvalue weighted by molar-refractivity contribution is -0.155. The fourth-order valence-electron chi connectivity index (χ4n) is 2.25. The number of hydrogen-bond acceptors (Lipinski definition) is 2. The predicted octanol–water partition coefficient (Wildman–Crippen LogP) is 5.56. The highest BCUT2D eigenvalue weighted by atomic mass is 16.7. The number of hydrogen-bond donors (Lipinski definition) is 0. The third-order valence-corrected chi connectivity index (χ3v) is 3.53. The molecule has 1 aliphatic heterocycles. The van der Waals surface area contributed by atoms with Crippen LogP contribution >= 0.6 is 0 Å². The fraction of sp³-hybridized carbons (Fsp3) is 0.684. The van der Waals surface area contributed by atoms with Crippen LogP contribution in [0.3, 0.4) is 0 Å². The summed E-state index contributed by atoms with van der Waals surface area (Å²) in [7, 11) is 0. The van der Waals surface area contributed by atoms with E-state index in [4.69, 9.17) is 9.47 Å². The summed E-state index contributed by atoms with van der Waals surface area (Å²) in [5.74, 6) is 0. The molecule has 0 bridgehead atoms. The van der Waals surface area contributed by atoms with Crippen LogP contribution in [0.15, 0.2) is 36.5 Å². The lowest BCUT2D eigenvalue weighted by Crippen LogP contribution is -2.22. The normalized spacial score (nSPS) is 20.1. The summed E-state index contributed by atoms with van der Waals surface area (Å²) in [6.45, 7) is 3.76. The van der Waals surface area contributed by atoms with Crippen molar-refractivity contribution in [2.75, 3.05) is 13.2 Å². The molecule has 0 radical (unpaired) electrons. The van der Waals surface area contributed by atoms with Crippen LogP contribution in [0.25, 0.3) is 0 Å². The van der Waals surface area contributed by atoms with Crippen LogP contribution in [-0.4, -0.2) is 19.5 Å². The van der Waals surface area contributed by atoms with Crippen LogP contribution in [-0.2, 0) is 9.47 Å². The Morgan fingerprint density at radius 3 is 2.43 bits per heavy atom. The molecule has 2 heteroatoms. The first-order valence-corrected chi connectivity index (χ1v) is 8.61. The van der Waals surface area contributed by atoms with E-state index in [0.29, 0.717) is 6.61 Å². The van der Waals surface area contributed by atoms with Crippen molar-refractivity contribution in [3.63, 3.8) is 0 Å². The van der Waals surface area contributed by atoms with Crippen molar-refractivity contribution in [1.29, 1.82) is 0 Å². The lowest BCUT2D eigenvalue weighted by Gasteiger charge is -2.21. The van der Waals surface area contributed by atoms with Gasteiger partial charge in [0.15, 0.2) is 6.29 Å². The van der Waals surface area contributed by atoms with Gasteiger partial charge in [-0.25, -0.2) is 0 Å². The molecule has 21 heavy (non-hydrogen) atoms. The Morgan fingerprint density at radius 2 is 1.71 bits per heavy atom. The van der Waals surface area contributed by atoms with Gasteiger partial charge >= 0.3 is 0 Å². The van der Waals surface area contributed by atoms with Crippen LogP contribution < -0.4 is 0 Å². The molecule has 0 N–H and O–H groups in total. The van der Waals surface area contributed by atoms with Crippen LogP contribution in [0.2, 0.25) is 0 Å². The maximum absolute atomic E-state index is 5.63. The van der Waals surface area contributed by atoms with Crippen LogP contribution in [0, 0.1) is 0 Å². The molecule has 1 aliphatic rings. The molecule has 1 atom stereocenters. The molecule has 0 spiro atoms. The van der Waals surface area contributed by atoms with E-state index < -0.39 is 0 Å². The highest BCUT2D eigenvalue weighted by Gasteiger charge is 2.12. The van der Waals surface area contributed by atoms with Gasteiger partial charge in [0, 0.05) is 6.61 Å². The largest absolute Gasteiger partial charge is 0.353 e. The van der Waals surface area contributed by atoms with E-state index >= 15 is 0 Å². The van der Waals surface area contributed by atoms with Gasteiger partial charge in [-0.1, -0.05) is 56.2 Å². The molecule has 1 rings (SSSR count). The highest BCUT2D eigenvalue weighted by Crippen LogP contribution is 2.13. The van der Waals surface area contributed by atoms with Gasteiger partial charge in [0.05, 0.1) is 6.61 Å². The van der Waals surface area contributed by atoms with Gasteiger partial charge in [-0.15, -0.1) is 0 Å². The van der Waals surface area contributed by atoms with Gasteiger partial charge in [-0.2, -0.15) is 0 Å². The van der Waals surface area contributed by atoms with E-state index in [1.54, 1.807) is 0 Å². The van der Waals surface area contributed by atoms with Crippen molar-refractivity contribution < 1.29 is 9.47 Å². The molecular formula is C19H32O2. The second kappa shape index (κ2) is 14.1. The van der Waals surface area contributed by atoms with E-state index in [1.807, 2.05) is 0 Å². The number of ether oxygens (including phenoxy) is 2. The summed E-state index contributed by atoms with van der Waals surface area (Å²) >= 11 is 0. The minimum atomic E-state index is 0.0248. The Balaban J connectivity index is 1.90. The minimum Gasteiger partial charge on any atom is -0.353 e. The van der Waals surface area contributed by atoms with E-state index in [1.165, 1.54) is 38.5 Å². The van der Waals surface area contributed by atoms with Gasteiger partial charge in [0.1, 0.15) is 0 Å².